The highest BCUT2D eigenvalue weighted by Crippen LogP contribution is 2.17. The number of carbonyl (C=O) groups is 1. The van der Waals surface area contributed by atoms with Crippen molar-refractivity contribution in [2.24, 2.45) is 5.73 Å². The lowest BCUT2D eigenvalue weighted by Crippen LogP contribution is -2.00. The van der Waals surface area contributed by atoms with Gasteiger partial charge >= 0.3 is 0 Å². The number of nitro groups is 1. The van der Waals surface area contributed by atoms with Gasteiger partial charge < -0.3 is 5.73 Å². The molecule has 5 heteroatoms. The highest BCUT2D eigenvalue weighted by molar-refractivity contribution is 5.81. The van der Waals surface area contributed by atoms with Crippen LogP contribution in [0.3, 0.4) is 0 Å². The summed E-state index contributed by atoms with van der Waals surface area (Å²) in [6.45, 7) is 0.263. The van der Waals surface area contributed by atoms with Gasteiger partial charge in [-0.15, -0.1) is 0 Å². The molecule has 0 saturated carbocycles. The lowest BCUT2D eigenvalue weighted by Gasteiger charge is -1.98. The van der Waals surface area contributed by atoms with E-state index in [-0.39, 0.29) is 17.8 Å². The molecule has 0 bridgehead atoms. The van der Waals surface area contributed by atoms with E-state index in [4.69, 9.17) is 5.73 Å². The molecular weight excluding hydrogens is 172 g/mol. The predicted molar refractivity (Wildman–Crippen MR) is 46.4 cm³/mol. The van der Waals surface area contributed by atoms with Gasteiger partial charge in [0, 0.05) is 12.6 Å². The lowest BCUT2D eigenvalue weighted by atomic mass is 10.1. The van der Waals surface area contributed by atoms with Gasteiger partial charge in [-0.25, -0.2) is 0 Å². The van der Waals surface area contributed by atoms with E-state index < -0.39 is 4.92 Å². The van der Waals surface area contributed by atoms with Crippen molar-refractivity contribution < 1.29 is 9.72 Å². The molecule has 0 atom stereocenters. The zero-order chi connectivity index (χ0) is 9.84. The van der Waals surface area contributed by atoms with E-state index in [1.165, 1.54) is 18.2 Å². The van der Waals surface area contributed by atoms with Crippen molar-refractivity contribution in [1.29, 1.82) is 0 Å². The van der Waals surface area contributed by atoms with Crippen LogP contribution in [-0.4, -0.2) is 11.2 Å². The Morgan fingerprint density at radius 2 is 2.23 bits per heavy atom. The Morgan fingerprint density at radius 1 is 1.54 bits per heavy atom. The topological polar surface area (TPSA) is 86.2 Å². The smallest absolute Gasteiger partial charge is 0.279 e. The van der Waals surface area contributed by atoms with Crippen molar-refractivity contribution in [2.75, 3.05) is 0 Å². The molecule has 68 valence electrons. The highest BCUT2D eigenvalue weighted by Gasteiger charge is 2.12. The number of rotatable bonds is 3. The van der Waals surface area contributed by atoms with Gasteiger partial charge in [0.15, 0.2) is 6.29 Å². The van der Waals surface area contributed by atoms with Crippen LogP contribution < -0.4 is 5.73 Å². The maximum Gasteiger partial charge on any atom is 0.279 e. The number of nitrogens with zero attached hydrogens (tertiary/aromatic N) is 1. The largest absolute Gasteiger partial charge is 0.326 e. The zero-order valence-electron chi connectivity index (χ0n) is 6.77. The molecule has 2 N–H and O–H groups in total. The third-order valence-corrected chi connectivity index (χ3v) is 1.65. The molecule has 0 aliphatic heterocycles. The SMILES string of the molecule is NCc1ccc([N+](=O)[O-])c(C=O)c1. The minimum Gasteiger partial charge on any atom is -0.326 e. The van der Waals surface area contributed by atoms with E-state index in [9.17, 15) is 14.9 Å². The first-order valence-corrected chi connectivity index (χ1v) is 3.61. The van der Waals surface area contributed by atoms with Gasteiger partial charge in [-0.05, 0) is 11.6 Å². The lowest BCUT2D eigenvalue weighted by molar-refractivity contribution is -0.385. The third kappa shape index (κ3) is 1.88. The van der Waals surface area contributed by atoms with Crippen LogP contribution in [0, 0.1) is 10.1 Å². The van der Waals surface area contributed by atoms with Crippen molar-refractivity contribution in [2.45, 2.75) is 6.54 Å². The van der Waals surface area contributed by atoms with Gasteiger partial charge in [-0.3, -0.25) is 14.9 Å². The summed E-state index contributed by atoms with van der Waals surface area (Å²) in [6.07, 6.45) is 0.456. The molecule has 0 fully saturated rings. The first-order valence-electron chi connectivity index (χ1n) is 3.61. The second kappa shape index (κ2) is 3.77. The third-order valence-electron chi connectivity index (χ3n) is 1.65. The first kappa shape index (κ1) is 9.34. The average Bonchev–Trinajstić information content (AvgIpc) is 2.16. The zero-order valence-corrected chi connectivity index (χ0v) is 6.77. The Hall–Kier alpha value is -1.75. The van der Waals surface area contributed by atoms with E-state index in [0.717, 1.165) is 0 Å². The molecule has 0 spiro atoms. The van der Waals surface area contributed by atoms with Crippen LogP contribution in [0.2, 0.25) is 0 Å². The molecule has 0 radical (unpaired) electrons. The van der Waals surface area contributed by atoms with E-state index in [0.29, 0.717) is 11.8 Å². The van der Waals surface area contributed by atoms with E-state index in [1.54, 1.807) is 0 Å². The van der Waals surface area contributed by atoms with Crippen molar-refractivity contribution in [1.82, 2.24) is 0 Å². The molecule has 0 amide bonds. The Labute approximate surface area is 74.3 Å². The van der Waals surface area contributed by atoms with Gasteiger partial charge in [-0.1, -0.05) is 6.07 Å². The summed E-state index contributed by atoms with van der Waals surface area (Å²) in [5.74, 6) is 0. The Bertz CT molecular complexity index is 349. The molecule has 0 aliphatic rings. The fraction of sp³-hybridized carbons (Fsp3) is 0.125. The minimum atomic E-state index is -0.593. The van der Waals surface area contributed by atoms with Gasteiger partial charge in [-0.2, -0.15) is 0 Å². The number of hydrogen-bond acceptors (Lipinski definition) is 4. The fourth-order valence-corrected chi connectivity index (χ4v) is 0.992. The normalized spacial score (nSPS) is 9.62. The maximum atomic E-state index is 10.5. The second-order valence-corrected chi connectivity index (χ2v) is 2.47. The summed E-state index contributed by atoms with van der Waals surface area (Å²) in [5, 5.41) is 10.4. The molecule has 0 heterocycles. The molecule has 1 aromatic carbocycles. The van der Waals surface area contributed by atoms with E-state index in [1.807, 2.05) is 0 Å². The van der Waals surface area contributed by atoms with E-state index >= 15 is 0 Å². The first-order chi connectivity index (χ1) is 6.19. The number of aldehydes is 1. The van der Waals surface area contributed by atoms with Crippen molar-refractivity contribution in [3.63, 3.8) is 0 Å². The monoisotopic (exact) mass is 180 g/mol. The van der Waals surface area contributed by atoms with E-state index in [2.05, 4.69) is 0 Å². The summed E-state index contributed by atoms with van der Waals surface area (Å²) in [6, 6.07) is 4.24. The molecule has 5 nitrogen and oxygen atoms in total. The Balaban J connectivity index is 3.23. The van der Waals surface area contributed by atoms with Crippen LogP contribution in [0.1, 0.15) is 15.9 Å². The summed E-state index contributed by atoms with van der Waals surface area (Å²) in [7, 11) is 0. The summed E-state index contributed by atoms with van der Waals surface area (Å²) >= 11 is 0. The number of benzene rings is 1. The molecule has 0 aromatic heterocycles. The summed E-state index contributed by atoms with van der Waals surface area (Å²) in [4.78, 5) is 20.3. The molecule has 0 saturated heterocycles. The minimum absolute atomic E-state index is 0.0629. The number of hydrogen-bond donors (Lipinski definition) is 1. The Kier molecular flexibility index (Phi) is 2.71. The quantitative estimate of drug-likeness (QED) is 0.424. The standard InChI is InChI=1S/C8H8N2O3/c9-4-6-1-2-8(10(12)13)7(3-6)5-11/h1-3,5H,4,9H2. The molecular formula is C8H8N2O3. The van der Waals surface area contributed by atoms with Gasteiger partial charge in [0.05, 0.1) is 10.5 Å². The number of nitrogens with two attached hydrogens (primary N) is 1. The highest BCUT2D eigenvalue weighted by atomic mass is 16.6. The van der Waals surface area contributed by atoms with Crippen LogP contribution in [0.4, 0.5) is 5.69 Å². The molecule has 13 heavy (non-hydrogen) atoms. The molecule has 1 aromatic rings. The predicted octanol–water partition coefficient (Wildman–Crippen LogP) is 0.866. The van der Waals surface area contributed by atoms with Crippen LogP contribution in [0.15, 0.2) is 18.2 Å². The van der Waals surface area contributed by atoms with Crippen molar-refractivity contribution >= 4 is 12.0 Å². The average molecular weight is 180 g/mol. The van der Waals surface area contributed by atoms with Crippen molar-refractivity contribution in [3.05, 3.63) is 39.4 Å². The number of carbonyl (C=O) groups excluding carboxylic acids is 1. The van der Waals surface area contributed by atoms with Crippen LogP contribution in [0.5, 0.6) is 0 Å². The van der Waals surface area contributed by atoms with Gasteiger partial charge in [0.25, 0.3) is 5.69 Å². The summed E-state index contributed by atoms with van der Waals surface area (Å²) < 4.78 is 0. The maximum absolute atomic E-state index is 10.5. The Morgan fingerprint density at radius 3 is 2.69 bits per heavy atom. The van der Waals surface area contributed by atoms with Gasteiger partial charge in [0.1, 0.15) is 0 Å². The van der Waals surface area contributed by atoms with Crippen LogP contribution in [0.25, 0.3) is 0 Å². The molecule has 0 unspecified atom stereocenters. The molecule has 1 rings (SSSR count). The molecule has 0 aliphatic carbocycles. The fourth-order valence-electron chi connectivity index (χ4n) is 0.992. The van der Waals surface area contributed by atoms with Crippen LogP contribution >= 0.6 is 0 Å². The second-order valence-electron chi connectivity index (χ2n) is 2.47. The van der Waals surface area contributed by atoms with Crippen LogP contribution in [-0.2, 0) is 6.54 Å². The number of nitro benzene ring substituents is 1. The summed E-state index contributed by atoms with van der Waals surface area (Å²) in [5.41, 5.74) is 5.89. The van der Waals surface area contributed by atoms with Crippen molar-refractivity contribution in [3.8, 4) is 0 Å². The van der Waals surface area contributed by atoms with Gasteiger partial charge in [0.2, 0.25) is 0 Å².